The number of rotatable bonds is 6. The van der Waals surface area contributed by atoms with Gasteiger partial charge in [-0.05, 0) is 75.7 Å². The van der Waals surface area contributed by atoms with Gasteiger partial charge in [0.25, 0.3) is 5.91 Å². The van der Waals surface area contributed by atoms with Crippen LogP contribution in [0.3, 0.4) is 0 Å². The largest absolute Gasteiger partial charge is 0.486 e. The van der Waals surface area contributed by atoms with E-state index >= 15 is 0 Å². The Hall–Kier alpha value is -1.95. The number of carbonyl (C=O) groups excluding carboxylic acids is 1. The number of thioether (sulfide) groups is 1. The van der Waals surface area contributed by atoms with Crippen molar-refractivity contribution in [3.8, 4) is 5.75 Å². The number of hydrogen-bond donors (Lipinski definition) is 0. The summed E-state index contributed by atoms with van der Waals surface area (Å²) in [4.78, 5) is 19.8. The summed E-state index contributed by atoms with van der Waals surface area (Å²) in [5.41, 5.74) is 2.96. The van der Waals surface area contributed by atoms with Crippen LogP contribution in [0.4, 0.5) is 0 Å². The first-order valence-corrected chi connectivity index (χ1v) is 11.7. The van der Waals surface area contributed by atoms with E-state index in [1.165, 1.54) is 17.3 Å². The second-order valence-corrected chi connectivity index (χ2v) is 9.80. The van der Waals surface area contributed by atoms with Gasteiger partial charge in [-0.2, -0.15) is 0 Å². The lowest BCUT2D eigenvalue weighted by Crippen LogP contribution is -2.35. The normalized spacial score (nSPS) is 16.9. The van der Waals surface area contributed by atoms with Gasteiger partial charge >= 0.3 is 0 Å². The van der Waals surface area contributed by atoms with Gasteiger partial charge in [-0.1, -0.05) is 53.0 Å². The lowest BCUT2D eigenvalue weighted by Gasteiger charge is -2.20. The third kappa shape index (κ3) is 5.85. The van der Waals surface area contributed by atoms with Crippen molar-refractivity contribution in [2.45, 2.75) is 53.3 Å². The van der Waals surface area contributed by atoms with E-state index < -0.39 is 0 Å². The van der Waals surface area contributed by atoms with E-state index in [1.807, 2.05) is 58.9 Å². The monoisotopic (exact) mass is 476 g/mol. The Labute approximate surface area is 198 Å². The van der Waals surface area contributed by atoms with E-state index in [4.69, 9.17) is 27.9 Å². The minimum absolute atomic E-state index is 0.0214. The fourth-order valence-corrected chi connectivity index (χ4v) is 4.89. The molecular formula is C24H26Cl2N2O2S. The Morgan fingerprint density at radius 2 is 1.71 bits per heavy atom. The van der Waals surface area contributed by atoms with E-state index in [-0.39, 0.29) is 18.0 Å². The Morgan fingerprint density at radius 1 is 1.10 bits per heavy atom. The third-order valence-corrected chi connectivity index (χ3v) is 6.10. The van der Waals surface area contributed by atoms with Gasteiger partial charge in [0, 0.05) is 12.1 Å². The van der Waals surface area contributed by atoms with Gasteiger partial charge in [0.15, 0.2) is 10.9 Å². The highest BCUT2D eigenvalue weighted by Gasteiger charge is 2.35. The number of aliphatic imine (C=N–C) groups is 1. The molecule has 0 aromatic heterocycles. The SMILES string of the molecule is Cc1ccc(COc2c(Cl)cc(/C=C3/SC(=NC(C)C)N(C(C)C)C3=O)cc2Cl)cc1. The molecule has 1 fully saturated rings. The molecule has 1 aliphatic rings. The average molecular weight is 477 g/mol. The molecule has 0 aliphatic carbocycles. The predicted octanol–water partition coefficient (Wildman–Crippen LogP) is 6.97. The molecule has 1 saturated heterocycles. The van der Waals surface area contributed by atoms with E-state index in [0.717, 1.165) is 16.3 Å². The zero-order chi connectivity index (χ0) is 22.7. The molecule has 31 heavy (non-hydrogen) atoms. The Morgan fingerprint density at radius 3 is 2.26 bits per heavy atom. The maximum Gasteiger partial charge on any atom is 0.266 e. The van der Waals surface area contributed by atoms with Crippen LogP contribution in [0.15, 0.2) is 46.3 Å². The zero-order valence-corrected chi connectivity index (χ0v) is 20.6. The van der Waals surface area contributed by atoms with Gasteiger partial charge in [-0.15, -0.1) is 0 Å². The maximum atomic E-state index is 12.9. The molecule has 164 valence electrons. The van der Waals surface area contributed by atoms with Crippen LogP contribution >= 0.6 is 35.0 Å². The lowest BCUT2D eigenvalue weighted by atomic mass is 10.1. The van der Waals surface area contributed by atoms with Crippen molar-refractivity contribution in [1.29, 1.82) is 0 Å². The Balaban J connectivity index is 1.83. The standard InChI is InChI=1S/C24H26Cl2N2O2S/c1-14(2)27-24-28(15(3)4)23(29)21(31-24)12-18-10-19(25)22(20(26)11-18)30-13-17-8-6-16(5)7-9-17/h6-12,14-15H,13H2,1-5H3/b21-12+,27-24?. The fraction of sp³-hybridized carbons (Fsp3) is 0.333. The summed E-state index contributed by atoms with van der Waals surface area (Å²) in [5.74, 6) is 0.369. The lowest BCUT2D eigenvalue weighted by molar-refractivity contribution is -0.123. The van der Waals surface area contributed by atoms with Gasteiger partial charge in [-0.25, -0.2) is 0 Å². The summed E-state index contributed by atoms with van der Waals surface area (Å²) >= 11 is 14.3. The van der Waals surface area contributed by atoms with Crippen molar-refractivity contribution in [3.63, 3.8) is 0 Å². The number of carbonyl (C=O) groups is 1. The molecule has 0 spiro atoms. The number of benzene rings is 2. The highest BCUT2D eigenvalue weighted by Crippen LogP contribution is 2.38. The fourth-order valence-electron chi connectivity index (χ4n) is 3.04. The molecule has 0 saturated carbocycles. The van der Waals surface area contributed by atoms with Gasteiger partial charge in [0.05, 0.1) is 15.0 Å². The molecule has 3 rings (SSSR count). The average Bonchev–Trinajstić information content (AvgIpc) is 2.96. The van der Waals surface area contributed by atoms with Gasteiger partial charge in [-0.3, -0.25) is 14.7 Å². The van der Waals surface area contributed by atoms with Crippen LogP contribution in [0.25, 0.3) is 6.08 Å². The molecule has 7 heteroatoms. The first-order chi connectivity index (χ1) is 14.7. The zero-order valence-electron chi connectivity index (χ0n) is 18.3. The smallest absolute Gasteiger partial charge is 0.266 e. The van der Waals surface area contributed by atoms with Crippen LogP contribution in [0, 0.1) is 6.92 Å². The van der Waals surface area contributed by atoms with E-state index in [9.17, 15) is 4.79 Å². The molecule has 1 aliphatic heterocycles. The summed E-state index contributed by atoms with van der Waals surface area (Å²) in [6.45, 7) is 10.3. The van der Waals surface area contributed by atoms with Crippen molar-refractivity contribution in [2.75, 3.05) is 0 Å². The van der Waals surface area contributed by atoms with Crippen LogP contribution in [-0.2, 0) is 11.4 Å². The Kier molecular flexibility index (Phi) is 7.73. The highest BCUT2D eigenvalue weighted by atomic mass is 35.5. The molecule has 0 radical (unpaired) electrons. The number of hydrogen-bond acceptors (Lipinski definition) is 4. The number of halogens is 2. The van der Waals surface area contributed by atoms with Crippen LogP contribution in [0.5, 0.6) is 5.75 Å². The molecule has 1 heterocycles. The van der Waals surface area contributed by atoms with Crippen molar-refractivity contribution in [2.24, 2.45) is 4.99 Å². The van der Waals surface area contributed by atoms with E-state index in [1.54, 1.807) is 23.1 Å². The first-order valence-electron chi connectivity index (χ1n) is 10.1. The quantitative estimate of drug-likeness (QED) is 0.422. The molecule has 2 aromatic carbocycles. The van der Waals surface area contributed by atoms with E-state index in [2.05, 4.69) is 4.99 Å². The molecule has 0 N–H and O–H groups in total. The summed E-state index contributed by atoms with van der Waals surface area (Å²) in [5, 5.41) is 1.52. The molecule has 0 bridgehead atoms. The number of amidine groups is 1. The molecule has 1 amide bonds. The third-order valence-electron chi connectivity index (χ3n) is 4.54. The van der Waals surface area contributed by atoms with Gasteiger partial charge < -0.3 is 4.74 Å². The molecule has 0 atom stereocenters. The van der Waals surface area contributed by atoms with E-state index in [0.29, 0.717) is 27.3 Å². The van der Waals surface area contributed by atoms with Gasteiger partial charge in [0.1, 0.15) is 6.61 Å². The van der Waals surface area contributed by atoms with Crippen LogP contribution in [0.2, 0.25) is 10.0 Å². The van der Waals surface area contributed by atoms with Crippen molar-refractivity contribution in [1.82, 2.24) is 4.90 Å². The predicted molar refractivity (Wildman–Crippen MR) is 132 cm³/mol. The van der Waals surface area contributed by atoms with Gasteiger partial charge in [0.2, 0.25) is 0 Å². The van der Waals surface area contributed by atoms with Crippen LogP contribution < -0.4 is 4.74 Å². The molecule has 2 aromatic rings. The highest BCUT2D eigenvalue weighted by molar-refractivity contribution is 8.18. The molecule has 0 unspecified atom stereocenters. The van der Waals surface area contributed by atoms with Crippen LogP contribution in [-0.4, -0.2) is 28.1 Å². The minimum Gasteiger partial charge on any atom is -0.486 e. The number of aryl methyl sites for hydroxylation is 1. The number of amides is 1. The number of ether oxygens (including phenoxy) is 1. The second kappa shape index (κ2) is 10.1. The first kappa shape index (κ1) is 23.7. The minimum atomic E-state index is -0.0636. The topological polar surface area (TPSA) is 41.9 Å². The summed E-state index contributed by atoms with van der Waals surface area (Å²) in [6.07, 6.45) is 1.80. The summed E-state index contributed by atoms with van der Waals surface area (Å²) in [7, 11) is 0. The number of nitrogens with zero attached hydrogens (tertiary/aromatic N) is 2. The van der Waals surface area contributed by atoms with Crippen molar-refractivity contribution < 1.29 is 9.53 Å². The molecule has 4 nitrogen and oxygen atoms in total. The van der Waals surface area contributed by atoms with Crippen LogP contribution in [0.1, 0.15) is 44.4 Å². The van der Waals surface area contributed by atoms with Crippen molar-refractivity contribution >= 4 is 52.1 Å². The molecular weight excluding hydrogens is 451 g/mol. The summed E-state index contributed by atoms with van der Waals surface area (Å²) < 4.78 is 5.86. The maximum absolute atomic E-state index is 12.9. The Bertz CT molecular complexity index is 1010. The second-order valence-electron chi connectivity index (χ2n) is 7.97. The summed E-state index contributed by atoms with van der Waals surface area (Å²) in [6, 6.07) is 11.7. The van der Waals surface area contributed by atoms with Crippen molar-refractivity contribution in [3.05, 3.63) is 68.0 Å².